The van der Waals surface area contributed by atoms with E-state index in [1.807, 2.05) is 25.2 Å². The first kappa shape index (κ1) is 11.3. The van der Waals surface area contributed by atoms with Gasteiger partial charge < -0.3 is 0 Å². The average molecular weight is 206 g/mol. The second kappa shape index (κ2) is 4.61. The highest BCUT2D eigenvalue weighted by Crippen LogP contribution is 2.30. The molecular formula is C13H18S. The summed E-state index contributed by atoms with van der Waals surface area (Å²) in [5, 5.41) is 1.43. The fourth-order valence-electron chi connectivity index (χ4n) is 1.46. The lowest BCUT2D eigenvalue weighted by molar-refractivity contribution is 1.45. The maximum Gasteiger partial charge on any atom is 0.0348 e. The fraction of sp³-hybridized carbons (Fsp3) is 0.385. The fourth-order valence-corrected chi connectivity index (χ4v) is 2.51. The van der Waals surface area contributed by atoms with Crippen molar-refractivity contribution in [2.24, 2.45) is 0 Å². The van der Waals surface area contributed by atoms with E-state index < -0.39 is 0 Å². The van der Waals surface area contributed by atoms with Gasteiger partial charge in [0.1, 0.15) is 0 Å². The molecule has 1 aromatic carbocycles. The van der Waals surface area contributed by atoms with Gasteiger partial charge in [-0.15, -0.1) is 11.3 Å². The predicted molar refractivity (Wildman–Crippen MR) is 67.4 cm³/mol. The van der Waals surface area contributed by atoms with E-state index in [2.05, 4.69) is 39.0 Å². The number of aryl methyl sites for hydroxylation is 3. The van der Waals surface area contributed by atoms with Crippen LogP contribution in [0.2, 0.25) is 0 Å². The first-order chi connectivity index (χ1) is 6.68. The summed E-state index contributed by atoms with van der Waals surface area (Å²) in [4.78, 5) is 1.44. The normalized spacial score (nSPS) is 9.79. The van der Waals surface area contributed by atoms with E-state index in [1.165, 1.54) is 26.1 Å². The number of hydrogen-bond acceptors (Lipinski definition) is 1. The topological polar surface area (TPSA) is 0 Å². The van der Waals surface area contributed by atoms with Crippen LogP contribution in [0.25, 0.3) is 10.1 Å². The largest absolute Gasteiger partial charge is 0.140 e. The summed E-state index contributed by atoms with van der Waals surface area (Å²) < 4.78 is 1.41. The van der Waals surface area contributed by atoms with E-state index in [-0.39, 0.29) is 0 Å². The lowest BCUT2D eigenvalue weighted by Crippen LogP contribution is -1.72. The highest BCUT2D eigenvalue weighted by Gasteiger charge is 2.03. The van der Waals surface area contributed by atoms with Crippen molar-refractivity contribution in [2.45, 2.75) is 34.6 Å². The summed E-state index contributed by atoms with van der Waals surface area (Å²) in [6.45, 7) is 10.5. The smallest absolute Gasteiger partial charge is 0.0348 e. The van der Waals surface area contributed by atoms with E-state index in [4.69, 9.17) is 0 Å². The predicted octanol–water partition coefficient (Wildman–Crippen LogP) is 4.85. The number of benzene rings is 1. The Labute approximate surface area is 90.6 Å². The molecule has 0 bridgehead atoms. The molecular weight excluding hydrogens is 188 g/mol. The molecule has 0 N–H and O–H groups in total. The van der Waals surface area contributed by atoms with Crippen molar-refractivity contribution in [2.75, 3.05) is 0 Å². The lowest BCUT2D eigenvalue weighted by atomic mass is 10.1. The zero-order chi connectivity index (χ0) is 10.7. The van der Waals surface area contributed by atoms with Gasteiger partial charge in [0.15, 0.2) is 0 Å². The Morgan fingerprint density at radius 2 is 1.64 bits per heavy atom. The molecule has 1 heteroatoms. The first-order valence-electron chi connectivity index (χ1n) is 5.15. The number of rotatable bonds is 0. The molecule has 1 aromatic heterocycles. The molecule has 14 heavy (non-hydrogen) atoms. The summed E-state index contributed by atoms with van der Waals surface area (Å²) in [5.41, 5.74) is 2.79. The summed E-state index contributed by atoms with van der Waals surface area (Å²) in [6, 6.07) is 6.67. The summed E-state index contributed by atoms with van der Waals surface area (Å²) in [5.74, 6) is 0. The van der Waals surface area contributed by atoms with Crippen LogP contribution in [0.4, 0.5) is 0 Å². The molecule has 1 heterocycles. The van der Waals surface area contributed by atoms with Gasteiger partial charge in [-0.05, 0) is 37.8 Å². The Morgan fingerprint density at radius 1 is 1.00 bits per heavy atom. The molecule has 2 rings (SSSR count). The quantitative estimate of drug-likeness (QED) is 0.578. The Kier molecular flexibility index (Phi) is 3.70. The minimum atomic E-state index is 1.35. The average Bonchev–Trinajstić information content (AvgIpc) is 2.48. The van der Waals surface area contributed by atoms with Gasteiger partial charge in [0.2, 0.25) is 0 Å². The highest BCUT2D eigenvalue weighted by molar-refractivity contribution is 7.19. The molecule has 0 fully saturated rings. The first-order valence-corrected chi connectivity index (χ1v) is 5.96. The van der Waals surface area contributed by atoms with E-state index in [0.29, 0.717) is 0 Å². The lowest BCUT2D eigenvalue weighted by Gasteiger charge is -1.93. The molecule has 0 nitrogen and oxygen atoms in total. The molecule has 0 aliphatic heterocycles. The second-order valence-electron chi connectivity index (χ2n) is 3.28. The molecule has 0 aliphatic carbocycles. The molecule has 0 atom stereocenters. The minimum absolute atomic E-state index is 1.35. The van der Waals surface area contributed by atoms with Crippen LogP contribution in [0.5, 0.6) is 0 Å². The maximum absolute atomic E-state index is 2.27. The van der Waals surface area contributed by atoms with Gasteiger partial charge in [0.05, 0.1) is 0 Å². The SMILES string of the molecule is CC.Cc1ccc2sc(C)c(C)c2c1. The third kappa shape index (κ3) is 1.98. The molecule has 0 saturated heterocycles. The number of thiophene rings is 1. The third-order valence-electron chi connectivity index (χ3n) is 2.33. The van der Waals surface area contributed by atoms with Crippen molar-refractivity contribution in [3.63, 3.8) is 0 Å². The van der Waals surface area contributed by atoms with Crippen molar-refractivity contribution >= 4 is 21.4 Å². The third-order valence-corrected chi connectivity index (χ3v) is 3.52. The maximum atomic E-state index is 2.27. The van der Waals surface area contributed by atoms with Crippen LogP contribution in [-0.2, 0) is 0 Å². The Hall–Kier alpha value is -0.820. The number of hydrogen-bond donors (Lipinski definition) is 0. The van der Waals surface area contributed by atoms with Crippen LogP contribution >= 0.6 is 11.3 Å². The van der Waals surface area contributed by atoms with Gasteiger partial charge in [0, 0.05) is 9.58 Å². The van der Waals surface area contributed by atoms with Gasteiger partial charge in [-0.25, -0.2) is 0 Å². The molecule has 0 aliphatic rings. The molecule has 0 radical (unpaired) electrons. The van der Waals surface area contributed by atoms with Crippen LogP contribution in [0, 0.1) is 20.8 Å². The molecule has 76 valence electrons. The molecule has 0 amide bonds. The van der Waals surface area contributed by atoms with Crippen LogP contribution in [0.15, 0.2) is 18.2 Å². The van der Waals surface area contributed by atoms with E-state index in [0.717, 1.165) is 0 Å². The minimum Gasteiger partial charge on any atom is -0.140 e. The van der Waals surface area contributed by atoms with Gasteiger partial charge >= 0.3 is 0 Å². The molecule has 0 saturated carbocycles. The van der Waals surface area contributed by atoms with Gasteiger partial charge in [0.25, 0.3) is 0 Å². The van der Waals surface area contributed by atoms with E-state index in [1.54, 1.807) is 0 Å². The molecule has 0 unspecified atom stereocenters. The Morgan fingerprint density at radius 3 is 2.29 bits per heavy atom. The second-order valence-corrected chi connectivity index (χ2v) is 4.54. The van der Waals surface area contributed by atoms with Gasteiger partial charge in [-0.1, -0.05) is 31.5 Å². The standard InChI is InChI=1S/C11H12S.C2H6/c1-7-4-5-11-10(6-7)8(2)9(3)12-11;1-2/h4-6H,1-3H3;1-2H3. The summed E-state index contributed by atoms with van der Waals surface area (Å²) in [6.07, 6.45) is 0. The summed E-state index contributed by atoms with van der Waals surface area (Å²) in [7, 11) is 0. The van der Waals surface area contributed by atoms with Gasteiger partial charge in [-0.3, -0.25) is 0 Å². The highest BCUT2D eigenvalue weighted by atomic mass is 32.1. The van der Waals surface area contributed by atoms with E-state index >= 15 is 0 Å². The van der Waals surface area contributed by atoms with Crippen molar-refractivity contribution in [1.82, 2.24) is 0 Å². The summed E-state index contributed by atoms with van der Waals surface area (Å²) >= 11 is 1.89. The Bertz CT molecular complexity index is 424. The number of fused-ring (bicyclic) bond motifs is 1. The zero-order valence-corrected chi connectivity index (χ0v) is 10.5. The van der Waals surface area contributed by atoms with Crippen LogP contribution in [-0.4, -0.2) is 0 Å². The monoisotopic (exact) mass is 206 g/mol. The van der Waals surface area contributed by atoms with Crippen LogP contribution in [0.3, 0.4) is 0 Å². The van der Waals surface area contributed by atoms with Crippen molar-refractivity contribution in [3.05, 3.63) is 34.2 Å². The zero-order valence-electron chi connectivity index (χ0n) is 9.64. The Balaban J connectivity index is 0.000000461. The van der Waals surface area contributed by atoms with Gasteiger partial charge in [-0.2, -0.15) is 0 Å². The molecule has 0 spiro atoms. The van der Waals surface area contributed by atoms with Crippen LogP contribution < -0.4 is 0 Å². The molecule has 2 aromatic rings. The van der Waals surface area contributed by atoms with Crippen LogP contribution in [0.1, 0.15) is 29.9 Å². The van der Waals surface area contributed by atoms with Crippen molar-refractivity contribution < 1.29 is 0 Å². The van der Waals surface area contributed by atoms with Crippen molar-refractivity contribution in [1.29, 1.82) is 0 Å². The van der Waals surface area contributed by atoms with Crippen molar-refractivity contribution in [3.8, 4) is 0 Å². The van der Waals surface area contributed by atoms with E-state index in [9.17, 15) is 0 Å².